The minimum Gasteiger partial charge on any atom is -0.387 e. The molecule has 9 heteroatoms. The number of ketones is 2. The summed E-state index contributed by atoms with van der Waals surface area (Å²) in [5, 5.41) is 20.0. The molecule has 130 valence electrons. The Hall–Kier alpha value is -0.630. The number of hydrogen-bond acceptors (Lipinski definition) is 6. The summed E-state index contributed by atoms with van der Waals surface area (Å²) >= 11 is 0. The van der Waals surface area contributed by atoms with Crippen LogP contribution >= 0.6 is 7.82 Å². The fourth-order valence-corrected chi connectivity index (χ4v) is 2.12. The number of carbonyl (C=O) groups excluding carboxylic acids is 2. The molecule has 0 rings (SSSR count). The van der Waals surface area contributed by atoms with Gasteiger partial charge >= 0.3 is 7.82 Å². The van der Waals surface area contributed by atoms with E-state index < -0.39 is 48.5 Å². The van der Waals surface area contributed by atoms with E-state index in [0.29, 0.717) is 0 Å². The fraction of sp³-hybridized carbons (Fsp3) is 0.846. The van der Waals surface area contributed by atoms with Crippen molar-refractivity contribution < 1.29 is 38.7 Å². The molecular formula is C13H25O8P. The topological polar surface area (TPSA) is 141 Å². The predicted octanol–water partition coefficient (Wildman–Crippen LogP) is 0.416. The van der Waals surface area contributed by atoms with Crippen molar-refractivity contribution in [3.63, 3.8) is 0 Å². The zero-order chi connectivity index (χ0) is 18.1. The Morgan fingerprint density at radius 1 is 0.909 bits per heavy atom. The van der Waals surface area contributed by atoms with Gasteiger partial charge in [-0.1, -0.05) is 41.5 Å². The van der Waals surface area contributed by atoms with Gasteiger partial charge in [0.25, 0.3) is 0 Å². The number of carbonyl (C=O) groups is 2. The molecule has 0 radical (unpaired) electrons. The minimum atomic E-state index is -5.11. The van der Waals surface area contributed by atoms with Gasteiger partial charge in [0.1, 0.15) is 12.2 Å². The van der Waals surface area contributed by atoms with Crippen molar-refractivity contribution >= 4 is 19.4 Å². The molecule has 0 heterocycles. The molecule has 0 aliphatic rings. The lowest BCUT2D eigenvalue weighted by Gasteiger charge is -2.31. The number of hydrogen-bond donors (Lipinski definition) is 4. The first-order valence-corrected chi connectivity index (χ1v) is 8.20. The normalized spacial score (nSPS) is 17.7. The molecule has 0 aliphatic carbocycles. The summed E-state index contributed by atoms with van der Waals surface area (Å²) in [6, 6.07) is 0. The van der Waals surface area contributed by atoms with Gasteiger partial charge in [-0.05, 0) is 0 Å². The summed E-state index contributed by atoms with van der Waals surface area (Å²) in [7, 11) is -5.11. The third-order valence-electron chi connectivity index (χ3n) is 2.89. The minimum absolute atomic E-state index is 0.777. The van der Waals surface area contributed by atoms with Crippen LogP contribution in [0.5, 0.6) is 0 Å². The Labute approximate surface area is 129 Å². The Balaban J connectivity index is 5.56. The molecule has 0 aromatic rings. The lowest BCUT2D eigenvalue weighted by Crippen LogP contribution is -2.52. The highest BCUT2D eigenvalue weighted by molar-refractivity contribution is 7.46. The first-order chi connectivity index (χ1) is 9.48. The molecule has 3 unspecified atom stereocenters. The third kappa shape index (κ3) is 6.24. The highest BCUT2D eigenvalue weighted by Crippen LogP contribution is 2.40. The standard InChI is InChI=1S/C13H25O8P/c1-12(2,3)10(16)8(15)7(14)9(21-22(18,19)20)11(17)13(4,5)6/h7-9,14-15H,1-6H3,(H2,18,19,20). The molecule has 0 spiro atoms. The van der Waals surface area contributed by atoms with E-state index in [1.54, 1.807) is 0 Å². The zero-order valence-corrected chi connectivity index (χ0v) is 14.5. The third-order valence-corrected chi connectivity index (χ3v) is 3.39. The average Bonchev–Trinajstić information content (AvgIpc) is 2.28. The van der Waals surface area contributed by atoms with Crippen molar-refractivity contribution in [2.24, 2.45) is 10.8 Å². The molecular weight excluding hydrogens is 315 g/mol. The first-order valence-electron chi connectivity index (χ1n) is 6.67. The van der Waals surface area contributed by atoms with Crippen LogP contribution in [0.1, 0.15) is 41.5 Å². The largest absolute Gasteiger partial charge is 0.470 e. The Morgan fingerprint density at radius 3 is 1.55 bits per heavy atom. The molecule has 4 N–H and O–H groups in total. The van der Waals surface area contributed by atoms with E-state index in [2.05, 4.69) is 4.52 Å². The van der Waals surface area contributed by atoms with Crippen molar-refractivity contribution in [2.75, 3.05) is 0 Å². The van der Waals surface area contributed by atoms with Crippen LogP contribution in [0.25, 0.3) is 0 Å². The SMILES string of the molecule is CC(C)(C)C(=O)C(O)C(O)C(OP(=O)(O)O)C(=O)C(C)(C)C. The predicted molar refractivity (Wildman–Crippen MR) is 77.9 cm³/mol. The van der Waals surface area contributed by atoms with Gasteiger partial charge in [-0.15, -0.1) is 0 Å². The molecule has 22 heavy (non-hydrogen) atoms. The molecule has 0 bridgehead atoms. The average molecular weight is 340 g/mol. The van der Waals surface area contributed by atoms with Crippen LogP contribution in [0.3, 0.4) is 0 Å². The second kappa shape index (κ2) is 6.86. The van der Waals surface area contributed by atoms with Crippen LogP contribution in [0, 0.1) is 10.8 Å². The number of aliphatic hydroxyl groups is 2. The van der Waals surface area contributed by atoms with Crippen LogP contribution < -0.4 is 0 Å². The summed E-state index contributed by atoms with van der Waals surface area (Å²) in [6.45, 7) is 8.85. The summed E-state index contributed by atoms with van der Waals surface area (Å²) < 4.78 is 15.3. The van der Waals surface area contributed by atoms with Gasteiger partial charge in [-0.2, -0.15) is 0 Å². The van der Waals surface area contributed by atoms with Gasteiger partial charge in [0.05, 0.1) is 0 Å². The number of phosphoric ester groups is 1. The van der Waals surface area contributed by atoms with E-state index in [9.17, 15) is 24.4 Å². The summed E-state index contributed by atoms with van der Waals surface area (Å²) in [5.74, 6) is -1.62. The Morgan fingerprint density at radius 2 is 1.27 bits per heavy atom. The zero-order valence-electron chi connectivity index (χ0n) is 13.6. The van der Waals surface area contributed by atoms with Crippen LogP contribution in [0.2, 0.25) is 0 Å². The quantitative estimate of drug-likeness (QED) is 0.510. The molecule has 0 saturated carbocycles. The van der Waals surface area contributed by atoms with Crippen LogP contribution in [0.15, 0.2) is 0 Å². The number of aliphatic hydroxyl groups excluding tert-OH is 2. The highest BCUT2D eigenvalue weighted by Gasteiger charge is 2.45. The molecule has 0 saturated heterocycles. The second-order valence-electron chi connectivity index (χ2n) is 7.18. The lowest BCUT2D eigenvalue weighted by molar-refractivity contribution is -0.154. The Kier molecular flexibility index (Phi) is 6.67. The van der Waals surface area contributed by atoms with Crippen LogP contribution in [0.4, 0.5) is 0 Å². The molecule has 8 nitrogen and oxygen atoms in total. The van der Waals surface area contributed by atoms with Gasteiger partial charge in [0, 0.05) is 10.8 Å². The summed E-state index contributed by atoms with van der Waals surface area (Å²) in [5.41, 5.74) is -2.12. The van der Waals surface area contributed by atoms with Gasteiger partial charge in [-0.25, -0.2) is 4.57 Å². The van der Waals surface area contributed by atoms with E-state index in [1.807, 2.05) is 0 Å². The maximum atomic E-state index is 12.2. The fourth-order valence-electron chi connectivity index (χ4n) is 1.60. The van der Waals surface area contributed by atoms with Gasteiger partial charge < -0.3 is 20.0 Å². The van der Waals surface area contributed by atoms with Crippen molar-refractivity contribution in [1.82, 2.24) is 0 Å². The van der Waals surface area contributed by atoms with E-state index >= 15 is 0 Å². The number of Topliss-reactive ketones (excluding diaryl/α,β-unsaturated/α-hetero) is 2. The number of rotatable bonds is 6. The lowest BCUT2D eigenvalue weighted by atomic mass is 9.81. The second-order valence-corrected chi connectivity index (χ2v) is 8.37. The Bertz CT molecular complexity index is 467. The van der Waals surface area contributed by atoms with Crippen molar-refractivity contribution in [1.29, 1.82) is 0 Å². The maximum absolute atomic E-state index is 12.2. The molecule has 0 amide bonds. The molecule has 0 aliphatic heterocycles. The highest BCUT2D eigenvalue weighted by atomic mass is 31.2. The monoisotopic (exact) mass is 340 g/mol. The molecule has 0 aromatic heterocycles. The molecule has 3 atom stereocenters. The van der Waals surface area contributed by atoms with E-state index in [4.69, 9.17) is 9.79 Å². The van der Waals surface area contributed by atoms with Gasteiger partial charge in [0.2, 0.25) is 0 Å². The van der Waals surface area contributed by atoms with Crippen LogP contribution in [-0.4, -0.2) is 49.9 Å². The van der Waals surface area contributed by atoms with E-state index in [1.165, 1.54) is 41.5 Å². The maximum Gasteiger partial charge on any atom is 0.470 e. The smallest absolute Gasteiger partial charge is 0.387 e. The van der Waals surface area contributed by atoms with E-state index in [0.717, 1.165) is 0 Å². The first kappa shape index (κ1) is 21.4. The van der Waals surface area contributed by atoms with E-state index in [-0.39, 0.29) is 0 Å². The van der Waals surface area contributed by atoms with Gasteiger partial charge in [0.15, 0.2) is 17.7 Å². The van der Waals surface area contributed by atoms with Crippen molar-refractivity contribution in [3.8, 4) is 0 Å². The molecule has 0 fully saturated rings. The van der Waals surface area contributed by atoms with Crippen molar-refractivity contribution in [2.45, 2.75) is 59.9 Å². The molecule has 0 aromatic carbocycles. The summed E-state index contributed by atoms with van der Waals surface area (Å²) in [4.78, 5) is 42.0. The van der Waals surface area contributed by atoms with Gasteiger partial charge in [-0.3, -0.25) is 14.1 Å². The van der Waals surface area contributed by atoms with Crippen LogP contribution in [-0.2, 0) is 18.7 Å². The number of phosphoric acid groups is 1. The summed E-state index contributed by atoms with van der Waals surface area (Å²) in [6.07, 6.45) is -6.13. The van der Waals surface area contributed by atoms with Crippen molar-refractivity contribution in [3.05, 3.63) is 0 Å².